The van der Waals surface area contributed by atoms with Gasteiger partial charge >= 0.3 is 12.0 Å². The average Bonchev–Trinajstić information content (AvgIpc) is 2.86. The Balaban J connectivity index is 2.42. The predicted octanol–water partition coefficient (Wildman–Crippen LogP) is 0.229. The van der Waals surface area contributed by atoms with Gasteiger partial charge in [0.1, 0.15) is 11.8 Å². The molecule has 0 fully saturated rings. The van der Waals surface area contributed by atoms with Gasteiger partial charge in [-0.15, -0.1) is 0 Å². The number of furan rings is 1. The third-order valence-electron chi connectivity index (χ3n) is 2.75. The van der Waals surface area contributed by atoms with Crippen LogP contribution in [0.4, 0.5) is 4.79 Å². The fourth-order valence-electron chi connectivity index (χ4n) is 1.75. The lowest BCUT2D eigenvalue weighted by molar-refractivity contribution is -0.139. The van der Waals surface area contributed by atoms with E-state index >= 15 is 0 Å². The van der Waals surface area contributed by atoms with Crippen molar-refractivity contribution in [3.05, 3.63) is 24.2 Å². The summed E-state index contributed by atoms with van der Waals surface area (Å²) in [5.41, 5.74) is 4.96. The minimum Gasteiger partial charge on any atom is -0.480 e. The van der Waals surface area contributed by atoms with Crippen molar-refractivity contribution >= 4 is 17.9 Å². The highest BCUT2D eigenvalue weighted by atomic mass is 16.4. The number of nitrogens with two attached hydrogens (primary N) is 1. The van der Waals surface area contributed by atoms with Crippen molar-refractivity contribution in [2.24, 2.45) is 5.73 Å². The van der Waals surface area contributed by atoms with Gasteiger partial charge in [0.25, 0.3) is 0 Å². The van der Waals surface area contributed by atoms with Gasteiger partial charge in [-0.3, -0.25) is 4.79 Å². The van der Waals surface area contributed by atoms with E-state index in [2.05, 4.69) is 10.6 Å². The molecular formula is C13H19N3O5. The van der Waals surface area contributed by atoms with Crippen molar-refractivity contribution in [3.8, 4) is 0 Å². The summed E-state index contributed by atoms with van der Waals surface area (Å²) in [6.45, 7) is 1.77. The first-order chi connectivity index (χ1) is 9.88. The van der Waals surface area contributed by atoms with Crippen LogP contribution in [-0.4, -0.2) is 35.1 Å². The van der Waals surface area contributed by atoms with Crippen LogP contribution in [0, 0.1) is 0 Å². The first-order valence-electron chi connectivity index (χ1n) is 6.49. The van der Waals surface area contributed by atoms with E-state index < -0.39 is 23.9 Å². The van der Waals surface area contributed by atoms with Crippen LogP contribution in [0.2, 0.25) is 0 Å². The van der Waals surface area contributed by atoms with Crippen molar-refractivity contribution in [1.82, 2.24) is 10.6 Å². The second kappa shape index (κ2) is 7.93. The van der Waals surface area contributed by atoms with Crippen LogP contribution in [0.25, 0.3) is 0 Å². The second-order valence-corrected chi connectivity index (χ2v) is 4.70. The Kier molecular flexibility index (Phi) is 6.25. The van der Waals surface area contributed by atoms with Crippen LogP contribution in [0.5, 0.6) is 0 Å². The van der Waals surface area contributed by atoms with Crippen LogP contribution in [0.3, 0.4) is 0 Å². The molecule has 1 unspecified atom stereocenters. The fraction of sp³-hybridized carbons (Fsp3) is 0.462. The predicted molar refractivity (Wildman–Crippen MR) is 73.4 cm³/mol. The average molecular weight is 297 g/mol. The zero-order valence-electron chi connectivity index (χ0n) is 11.7. The minimum absolute atomic E-state index is 0.0509. The smallest absolute Gasteiger partial charge is 0.326 e. The maximum absolute atomic E-state index is 11.7. The molecule has 0 radical (unpaired) electrons. The molecule has 1 rings (SSSR count). The van der Waals surface area contributed by atoms with Gasteiger partial charge in [0.2, 0.25) is 5.91 Å². The Labute approximate surface area is 121 Å². The molecular weight excluding hydrogens is 278 g/mol. The molecule has 0 aliphatic heterocycles. The van der Waals surface area contributed by atoms with Crippen molar-refractivity contribution in [1.29, 1.82) is 0 Å². The molecule has 0 aliphatic rings. The highest BCUT2D eigenvalue weighted by Crippen LogP contribution is 2.04. The number of carboxylic acid groups (broad SMARTS) is 1. The zero-order chi connectivity index (χ0) is 15.8. The van der Waals surface area contributed by atoms with E-state index in [1.54, 1.807) is 19.1 Å². The van der Waals surface area contributed by atoms with Crippen LogP contribution < -0.4 is 16.4 Å². The van der Waals surface area contributed by atoms with Gasteiger partial charge in [-0.25, -0.2) is 9.59 Å². The van der Waals surface area contributed by atoms with Gasteiger partial charge in [-0.1, -0.05) is 0 Å². The Hall–Kier alpha value is -2.51. The SMILES string of the molecule is CC(Cc1ccco1)NC(=O)N[C@@H](CCC(N)=O)C(=O)O. The standard InChI is InChI=1S/C13H19N3O5/c1-8(7-9-3-2-6-21-9)15-13(20)16-10(12(18)19)4-5-11(14)17/h2-3,6,8,10H,4-5,7H2,1H3,(H2,14,17)(H,18,19)(H2,15,16,20)/t8?,10-/m0/s1. The molecule has 116 valence electrons. The van der Waals surface area contributed by atoms with Crippen LogP contribution in [-0.2, 0) is 16.0 Å². The van der Waals surface area contributed by atoms with Crippen molar-refractivity contribution in [2.75, 3.05) is 0 Å². The Bertz CT molecular complexity index is 486. The van der Waals surface area contributed by atoms with E-state index in [-0.39, 0.29) is 18.9 Å². The summed E-state index contributed by atoms with van der Waals surface area (Å²) in [6, 6.07) is 1.51. The number of carbonyl (C=O) groups is 3. The maximum atomic E-state index is 11.7. The number of nitrogens with one attached hydrogen (secondary N) is 2. The molecule has 21 heavy (non-hydrogen) atoms. The molecule has 8 nitrogen and oxygen atoms in total. The van der Waals surface area contributed by atoms with E-state index in [0.717, 1.165) is 0 Å². The number of primary amides is 1. The van der Waals surface area contributed by atoms with E-state index in [1.165, 1.54) is 6.26 Å². The maximum Gasteiger partial charge on any atom is 0.326 e. The highest BCUT2D eigenvalue weighted by molar-refractivity contribution is 5.83. The first kappa shape index (κ1) is 16.5. The molecule has 3 amide bonds. The lowest BCUT2D eigenvalue weighted by atomic mass is 10.1. The Morgan fingerprint density at radius 1 is 1.38 bits per heavy atom. The lowest BCUT2D eigenvalue weighted by Gasteiger charge is -2.17. The van der Waals surface area contributed by atoms with Crippen LogP contribution >= 0.6 is 0 Å². The molecule has 8 heteroatoms. The zero-order valence-corrected chi connectivity index (χ0v) is 11.7. The molecule has 5 N–H and O–H groups in total. The Morgan fingerprint density at radius 3 is 2.62 bits per heavy atom. The third kappa shape index (κ3) is 6.46. The number of hydrogen-bond acceptors (Lipinski definition) is 4. The first-order valence-corrected chi connectivity index (χ1v) is 6.49. The van der Waals surface area contributed by atoms with Gasteiger partial charge in [-0.2, -0.15) is 0 Å². The summed E-state index contributed by atoms with van der Waals surface area (Å²) in [6.07, 6.45) is 1.86. The van der Waals surface area contributed by atoms with E-state index in [0.29, 0.717) is 12.2 Å². The molecule has 0 bridgehead atoms. The summed E-state index contributed by atoms with van der Waals surface area (Å²) < 4.78 is 5.15. The van der Waals surface area contributed by atoms with E-state index in [4.69, 9.17) is 15.3 Å². The van der Waals surface area contributed by atoms with Gasteiger partial charge in [0, 0.05) is 18.9 Å². The number of aliphatic carboxylic acids is 1. The number of rotatable bonds is 8. The summed E-state index contributed by atoms with van der Waals surface area (Å²) in [5, 5.41) is 13.9. The second-order valence-electron chi connectivity index (χ2n) is 4.70. The minimum atomic E-state index is -1.22. The van der Waals surface area contributed by atoms with E-state index in [1.807, 2.05) is 0 Å². The van der Waals surface area contributed by atoms with Crippen molar-refractivity contribution in [3.63, 3.8) is 0 Å². The molecule has 0 aromatic carbocycles. The monoisotopic (exact) mass is 297 g/mol. The molecule has 0 aliphatic carbocycles. The fourth-order valence-corrected chi connectivity index (χ4v) is 1.75. The topological polar surface area (TPSA) is 135 Å². The van der Waals surface area contributed by atoms with Gasteiger partial charge in [0.05, 0.1) is 6.26 Å². The summed E-state index contributed by atoms with van der Waals surface area (Å²) >= 11 is 0. The molecule has 0 saturated carbocycles. The molecule has 0 saturated heterocycles. The van der Waals surface area contributed by atoms with Gasteiger partial charge in [-0.05, 0) is 25.5 Å². The molecule has 1 aromatic heterocycles. The summed E-state index contributed by atoms with van der Waals surface area (Å²) in [5.74, 6) is -1.12. The molecule has 1 aromatic rings. The summed E-state index contributed by atoms with van der Waals surface area (Å²) in [4.78, 5) is 33.3. The van der Waals surface area contributed by atoms with Crippen LogP contribution in [0.15, 0.2) is 22.8 Å². The highest BCUT2D eigenvalue weighted by Gasteiger charge is 2.21. The summed E-state index contributed by atoms with van der Waals surface area (Å²) in [7, 11) is 0. The number of hydrogen-bond donors (Lipinski definition) is 4. The van der Waals surface area contributed by atoms with Crippen LogP contribution in [0.1, 0.15) is 25.5 Å². The van der Waals surface area contributed by atoms with Gasteiger partial charge < -0.3 is 25.9 Å². The molecule has 0 spiro atoms. The number of carboxylic acids is 1. The normalized spacial score (nSPS) is 13.2. The lowest BCUT2D eigenvalue weighted by Crippen LogP contribution is -2.49. The number of amides is 3. The van der Waals surface area contributed by atoms with Crippen molar-refractivity contribution < 1.29 is 23.9 Å². The third-order valence-corrected chi connectivity index (χ3v) is 2.75. The number of urea groups is 1. The van der Waals surface area contributed by atoms with E-state index in [9.17, 15) is 14.4 Å². The molecule has 1 heterocycles. The number of carbonyl (C=O) groups excluding carboxylic acids is 2. The Morgan fingerprint density at radius 2 is 2.10 bits per heavy atom. The quantitative estimate of drug-likeness (QED) is 0.544. The van der Waals surface area contributed by atoms with Gasteiger partial charge in [0.15, 0.2) is 0 Å². The van der Waals surface area contributed by atoms with Crippen molar-refractivity contribution in [2.45, 2.75) is 38.3 Å². The molecule has 2 atom stereocenters. The largest absolute Gasteiger partial charge is 0.480 e.